The molecule has 6 heteroatoms. The first kappa shape index (κ1) is 22.1. The number of carboxylic acid groups (broad SMARTS) is 1. The molecule has 0 aliphatic rings. The maximum atomic E-state index is 10.5. The second kappa shape index (κ2) is 10.5. The Morgan fingerprint density at radius 3 is 1.43 bits per heavy atom. The third-order valence-electron chi connectivity index (χ3n) is 4.55. The van der Waals surface area contributed by atoms with E-state index in [4.69, 9.17) is 16.7 Å². The summed E-state index contributed by atoms with van der Waals surface area (Å²) in [4.78, 5) is 10.5. The number of aromatic carboxylic acids is 1. The van der Waals surface area contributed by atoms with Crippen molar-refractivity contribution in [2.75, 3.05) is 0 Å². The van der Waals surface area contributed by atoms with Crippen LogP contribution in [0, 0.1) is 6.92 Å². The Hall–Kier alpha value is -2.57. The second-order valence-electron chi connectivity index (χ2n) is 6.65. The van der Waals surface area contributed by atoms with E-state index in [-0.39, 0.29) is 10.7 Å². The Labute approximate surface area is 188 Å². The third-order valence-corrected chi connectivity index (χ3v) is 12.8. The quantitative estimate of drug-likeness (QED) is 0.417. The molecule has 0 aliphatic carbocycles. The van der Waals surface area contributed by atoms with Gasteiger partial charge in [0, 0.05) is 7.05 Å². The Kier molecular flexibility index (Phi) is 7.71. The summed E-state index contributed by atoms with van der Waals surface area (Å²) in [5.41, 5.74) is 0.513. The van der Waals surface area contributed by atoms with Gasteiger partial charge in [-0.15, -0.1) is 0 Å². The second-order valence-corrected chi connectivity index (χ2v) is 14.1. The average Bonchev–Trinajstić information content (AvgIpc) is 3.02. The van der Waals surface area contributed by atoms with Gasteiger partial charge in [-0.25, -0.2) is 4.79 Å². The van der Waals surface area contributed by atoms with Crippen LogP contribution >= 0.6 is 11.6 Å². The number of aromatic nitrogens is 2. The van der Waals surface area contributed by atoms with Crippen LogP contribution in [0.4, 0.5) is 0 Å². The van der Waals surface area contributed by atoms with Crippen LogP contribution < -0.4 is 10.7 Å². The molecule has 0 amide bonds. The monoisotopic (exact) mass is 525 g/mol. The topological polar surface area (TPSA) is 55.1 Å². The number of carbonyl (C=O) groups is 1. The van der Waals surface area contributed by atoms with E-state index >= 15 is 0 Å². The molecule has 30 heavy (non-hydrogen) atoms. The molecule has 0 saturated heterocycles. The van der Waals surface area contributed by atoms with Gasteiger partial charge >= 0.3 is 127 Å². The summed E-state index contributed by atoms with van der Waals surface area (Å²) in [5, 5.41) is 12.6. The van der Waals surface area contributed by atoms with E-state index in [1.807, 2.05) is 0 Å². The van der Waals surface area contributed by atoms with Crippen LogP contribution in [0.1, 0.15) is 16.1 Å². The van der Waals surface area contributed by atoms with E-state index in [1.54, 1.807) is 14.0 Å². The SMILES string of the molecule is Cc1nn(C)c(Cl)c1C(=O)O.c1cc[c]([Sn]([c]2ccccc2)[c]2ccccc2)cc1. The molecule has 0 bridgehead atoms. The fourth-order valence-electron chi connectivity index (χ4n) is 3.19. The van der Waals surface area contributed by atoms with Crippen molar-refractivity contribution in [2.24, 2.45) is 7.05 Å². The van der Waals surface area contributed by atoms with E-state index < -0.39 is 25.7 Å². The summed E-state index contributed by atoms with van der Waals surface area (Å²) in [6.45, 7) is 1.61. The molecule has 0 spiro atoms. The first-order valence-corrected chi connectivity index (χ1v) is 14.1. The molecule has 0 aliphatic heterocycles. The predicted molar refractivity (Wildman–Crippen MR) is 124 cm³/mol. The fraction of sp³-hybridized carbons (Fsp3) is 0.0833. The van der Waals surface area contributed by atoms with Gasteiger partial charge in [-0.05, 0) is 6.92 Å². The molecule has 3 aromatic carbocycles. The van der Waals surface area contributed by atoms with E-state index in [2.05, 4.69) is 96.1 Å². The standard InChI is InChI=1S/C6H7ClN2O2.3C6H5.Sn/c1-3-4(6(10)11)5(7)9(2)8-3;3*1-2-4-6-5-3-1;/h1-2H3,(H,10,11);3*1-5H;. The first-order valence-electron chi connectivity index (χ1n) is 9.44. The summed E-state index contributed by atoms with van der Waals surface area (Å²) in [5.74, 6) is -1.04. The van der Waals surface area contributed by atoms with Crippen LogP contribution in [0.15, 0.2) is 91.0 Å². The van der Waals surface area contributed by atoms with Gasteiger partial charge in [0.25, 0.3) is 0 Å². The Morgan fingerprint density at radius 2 is 1.20 bits per heavy atom. The Balaban J connectivity index is 0.000000199. The average molecular weight is 525 g/mol. The fourth-order valence-corrected chi connectivity index (χ4v) is 10.8. The first-order chi connectivity index (χ1) is 14.5. The zero-order chi connectivity index (χ0) is 21.5. The van der Waals surface area contributed by atoms with Crippen molar-refractivity contribution in [2.45, 2.75) is 6.92 Å². The van der Waals surface area contributed by atoms with E-state index in [0.29, 0.717) is 5.69 Å². The van der Waals surface area contributed by atoms with Gasteiger partial charge in [0.15, 0.2) is 0 Å². The summed E-state index contributed by atoms with van der Waals surface area (Å²) in [6.07, 6.45) is 0. The Bertz CT molecular complexity index is 1010. The number of hydrogen-bond acceptors (Lipinski definition) is 2. The zero-order valence-corrected chi connectivity index (χ0v) is 20.4. The van der Waals surface area contributed by atoms with Crippen molar-refractivity contribution in [3.05, 3.63) is 107 Å². The van der Waals surface area contributed by atoms with Crippen LogP contribution in [-0.4, -0.2) is 40.6 Å². The molecule has 1 heterocycles. The van der Waals surface area contributed by atoms with Gasteiger partial charge < -0.3 is 5.11 Å². The van der Waals surface area contributed by atoms with E-state index in [1.165, 1.54) is 15.4 Å². The molecule has 1 radical (unpaired) electrons. The van der Waals surface area contributed by atoms with E-state index in [9.17, 15) is 4.79 Å². The Morgan fingerprint density at radius 1 is 0.833 bits per heavy atom. The number of rotatable bonds is 4. The zero-order valence-electron chi connectivity index (χ0n) is 16.8. The molecule has 0 saturated carbocycles. The summed E-state index contributed by atoms with van der Waals surface area (Å²) >= 11 is 3.65. The number of carboxylic acids is 1. The predicted octanol–water partition coefficient (Wildman–Crippen LogP) is 3.28. The van der Waals surface area contributed by atoms with Crippen molar-refractivity contribution >= 4 is 48.1 Å². The van der Waals surface area contributed by atoms with Crippen molar-refractivity contribution in [1.82, 2.24) is 9.78 Å². The minimum absolute atomic E-state index is 0.0779. The molecule has 151 valence electrons. The van der Waals surface area contributed by atoms with Gasteiger partial charge in [0.05, 0.1) is 5.69 Å². The number of nitrogens with zero attached hydrogens (tertiary/aromatic N) is 2. The van der Waals surface area contributed by atoms with Gasteiger partial charge in [0.1, 0.15) is 10.7 Å². The molecule has 1 aromatic heterocycles. The van der Waals surface area contributed by atoms with Gasteiger partial charge in [0.2, 0.25) is 0 Å². The summed E-state index contributed by atoms with van der Waals surface area (Å²) in [7, 11) is 1.60. The molecule has 1 N–H and O–H groups in total. The summed E-state index contributed by atoms with van der Waals surface area (Å²) in [6, 6.07) is 32.9. The number of hydrogen-bond donors (Lipinski definition) is 1. The normalized spacial score (nSPS) is 10.4. The van der Waals surface area contributed by atoms with Crippen LogP contribution in [0.5, 0.6) is 0 Å². The van der Waals surface area contributed by atoms with Crippen molar-refractivity contribution < 1.29 is 9.90 Å². The third kappa shape index (κ3) is 5.32. The molecule has 4 rings (SSSR count). The van der Waals surface area contributed by atoms with Crippen molar-refractivity contribution in [3.63, 3.8) is 0 Å². The molecule has 0 unspecified atom stereocenters. The number of halogens is 1. The van der Waals surface area contributed by atoms with Crippen LogP contribution in [-0.2, 0) is 7.05 Å². The van der Waals surface area contributed by atoms with Crippen LogP contribution in [0.2, 0.25) is 5.15 Å². The summed E-state index contributed by atoms with van der Waals surface area (Å²) < 4.78 is 5.92. The molecule has 4 aromatic rings. The molecular formula is C24H22ClN2O2Sn. The van der Waals surface area contributed by atoms with Crippen molar-refractivity contribution in [1.29, 1.82) is 0 Å². The molecule has 0 fully saturated rings. The van der Waals surface area contributed by atoms with Crippen molar-refractivity contribution in [3.8, 4) is 0 Å². The van der Waals surface area contributed by atoms with Gasteiger partial charge in [-0.2, -0.15) is 5.10 Å². The van der Waals surface area contributed by atoms with Gasteiger partial charge in [-0.3, -0.25) is 4.68 Å². The minimum atomic E-state index is -1.98. The number of aryl methyl sites for hydroxylation is 2. The molecule has 4 nitrogen and oxygen atoms in total. The molecular weight excluding hydrogens is 502 g/mol. The van der Waals surface area contributed by atoms with Gasteiger partial charge in [-0.1, -0.05) is 11.6 Å². The van der Waals surface area contributed by atoms with Crippen LogP contribution in [0.25, 0.3) is 0 Å². The van der Waals surface area contributed by atoms with Crippen LogP contribution in [0.3, 0.4) is 0 Å². The number of benzene rings is 3. The molecule has 0 atom stereocenters. The maximum absolute atomic E-state index is 10.5. The van der Waals surface area contributed by atoms with E-state index in [0.717, 1.165) is 0 Å².